The molecule has 2 aromatic heterocycles. The Kier molecular flexibility index (Phi) is 3.88. The molecule has 1 N–H and O–H groups in total. The Labute approximate surface area is 135 Å². The summed E-state index contributed by atoms with van der Waals surface area (Å²) in [7, 11) is 0. The molecule has 0 atom stereocenters. The standard InChI is InChI=1S/C14H17BrN4OS/c1-14(2,13-16-5-6-21-13)18-10-7-17-19(8-9-3-4-9)12(20)11(10)15/h5-7,9,18H,3-4,8H2,1-2H3. The van der Waals surface area contributed by atoms with E-state index < -0.39 is 0 Å². The first kappa shape index (κ1) is 14.7. The maximum absolute atomic E-state index is 12.3. The molecule has 0 aromatic carbocycles. The van der Waals surface area contributed by atoms with E-state index in [1.54, 1.807) is 28.4 Å². The Morgan fingerprint density at radius 2 is 2.29 bits per heavy atom. The summed E-state index contributed by atoms with van der Waals surface area (Å²) in [5, 5.41) is 10.5. The third-order valence-electron chi connectivity index (χ3n) is 3.53. The van der Waals surface area contributed by atoms with Crippen LogP contribution >= 0.6 is 27.3 Å². The third-order valence-corrected chi connectivity index (χ3v) is 5.39. The summed E-state index contributed by atoms with van der Waals surface area (Å²) in [6, 6.07) is 0. The minimum Gasteiger partial charge on any atom is -0.371 e. The average Bonchev–Trinajstić information content (AvgIpc) is 3.06. The molecule has 5 nitrogen and oxygen atoms in total. The number of hydrogen-bond donors (Lipinski definition) is 1. The van der Waals surface area contributed by atoms with Crippen molar-refractivity contribution in [2.45, 2.75) is 38.8 Å². The lowest BCUT2D eigenvalue weighted by atomic mass is 10.1. The van der Waals surface area contributed by atoms with Crippen molar-refractivity contribution in [1.29, 1.82) is 0 Å². The molecule has 1 fully saturated rings. The minimum atomic E-state index is -0.354. The van der Waals surface area contributed by atoms with Gasteiger partial charge in [0.25, 0.3) is 5.56 Å². The molecule has 3 rings (SSSR count). The SMILES string of the molecule is CC(C)(Nc1cnn(CC2CC2)c(=O)c1Br)c1nccs1. The molecule has 7 heteroatoms. The van der Waals surface area contributed by atoms with Crippen LogP contribution in [0, 0.1) is 5.92 Å². The molecule has 0 saturated heterocycles. The Bertz CT molecular complexity index is 691. The van der Waals surface area contributed by atoms with Crippen molar-refractivity contribution in [2.75, 3.05) is 5.32 Å². The fourth-order valence-corrected chi connectivity index (χ4v) is 3.27. The zero-order chi connectivity index (χ0) is 15.0. The van der Waals surface area contributed by atoms with Crippen molar-refractivity contribution in [3.8, 4) is 0 Å². The molecule has 0 radical (unpaired) electrons. The number of nitrogens with zero attached hydrogens (tertiary/aromatic N) is 3. The number of halogens is 1. The lowest BCUT2D eigenvalue weighted by Gasteiger charge is -2.25. The summed E-state index contributed by atoms with van der Waals surface area (Å²) >= 11 is 4.99. The highest BCUT2D eigenvalue weighted by Crippen LogP contribution is 2.31. The largest absolute Gasteiger partial charge is 0.371 e. The molecule has 0 aliphatic heterocycles. The van der Waals surface area contributed by atoms with Gasteiger partial charge in [-0.3, -0.25) is 4.79 Å². The van der Waals surface area contributed by atoms with Gasteiger partial charge in [0.2, 0.25) is 0 Å². The second-order valence-electron chi connectivity index (χ2n) is 5.89. The quantitative estimate of drug-likeness (QED) is 0.879. The first-order valence-electron chi connectivity index (χ1n) is 6.91. The molecule has 0 unspecified atom stereocenters. The molecule has 1 saturated carbocycles. The highest BCUT2D eigenvalue weighted by atomic mass is 79.9. The van der Waals surface area contributed by atoms with Crippen LogP contribution in [0.3, 0.4) is 0 Å². The van der Waals surface area contributed by atoms with E-state index in [0.29, 0.717) is 22.6 Å². The first-order chi connectivity index (χ1) is 9.97. The molecule has 112 valence electrons. The molecule has 2 aromatic rings. The Morgan fingerprint density at radius 1 is 1.52 bits per heavy atom. The first-order valence-corrected chi connectivity index (χ1v) is 8.58. The fraction of sp³-hybridized carbons (Fsp3) is 0.500. The van der Waals surface area contributed by atoms with Gasteiger partial charge in [-0.1, -0.05) is 0 Å². The zero-order valence-corrected chi connectivity index (χ0v) is 14.4. The predicted octanol–water partition coefficient (Wildman–Crippen LogP) is 3.22. The van der Waals surface area contributed by atoms with Crippen LogP contribution in [0.4, 0.5) is 5.69 Å². The monoisotopic (exact) mass is 368 g/mol. The van der Waals surface area contributed by atoms with Gasteiger partial charge < -0.3 is 5.32 Å². The molecule has 2 heterocycles. The Balaban J connectivity index is 1.85. The molecule has 0 spiro atoms. The van der Waals surface area contributed by atoms with Crippen LogP contribution < -0.4 is 10.9 Å². The fourth-order valence-electron chi connectivity index (χ4n) is 2.15. The highest BCUT2D eigenvalue weighted by molar-refractivity contribution is 9.10. The number of hydrogen-bond acceptors (Lipinski definition) is 5. The summed E-state index contributed by atoms with van der Waals surface area (Å²) in [5.41, 5.74) is 0.266. The van der Waals surface area contributed by atoms with Crippen molar-refractivity contribution in [3.63, 3.8) is 0 Å². The van der Waals surface area contributed by atoms with E-state index in [1.807, 2.05) is 19.2 Å². The van der Waals surface area contributed by atoms with Gasteiger partial charge in [0.05, 0.1) is 17.4 Å². The van der Waals surface area contributed by atoms with Gasteiger partial charge in [0.15, 0.2) is 0 Å². The summed E-state index contributed by atoms with van der Waals surface area (Å²) in [6.45, 7) is 4.79. The zero-order valence-electron chi connectivity index (χ0n) is 12.0. The van der Waals surface area contributed by atoms with Crippen molar-refractivity contribution in [3.05, 3.63) is 37.6 Å². The van der Waals surface area contributed by atoms with Gasteiger partial charge in [-0.15, -0.1) is 11.3 Å². The molecule has 0 bridgehead atoms. The van der Waals surface area contributed by atoms with Gasteiger partial charge >= 0.3 is 0 Å². The summed E-state index contributed by atoms with van der Waals surface area (Å²) in [4.78, 5) is 16.7. The van der Waals surface area contributed by atoms with Crippen molar-refractivity contribution >= 4 is 33.0 Å². The average molecular weight is 369 g/mol. The Morgan fingerprint density at radius 3 is 2.90 bits per heavy atom. The van der Waals surface area contributed by atoms with Gasteiger partial charge in [0.1, 0.15) is 9.48 Å². The topological polar surface area (TPSA) is 59.8 Å². The maximum atomic E-state index is 12.3. The lowest BCUT2D eigenvalue weighted by molar-refractivity contribution is 0.529. The van der Waals surface area contributed by atoms with Gasteiger partial charge in [0, 0.05) is 18.1 Å². The lowest BCUT2D eigenvalue weighted by Crippen LogP contribution is -2.31. The van der Waals surface area contributed by atoms with Crippen LogP contribution in [0.1, 0.15) is 31.7 Å². The number of aromatic nitrogens is 3. The van der Waals surface area contributed by atoms with Crippen molar-refractivity contribution < 1.29 is 0 Å². The van der Waals surface area contributed by atoms with E-state index in [9.17, 15) is 4.79 Å². The summed E-state index contributed by atoms with van der Waals surface area (Å²) < 4.78 is 2.08. The molecule has 0 amide bonds. The van der Waals surface area contributed by atoms with E-state index in [2.05, 4.69) is 31.3 Å². The van der Waals surface area contributed by atoms with Crippen LogP contribution in [-0.2, 0) is 12.1 Å². The number of anilines is 1. The van der Waals surface area contributed by atoms with Gasteiger partial charge in [-0.05, 0) is 48.5 Å². The van der Waals surface area contributed by atoms with Crippen LogP contribution in [0.5, 0.6) is 0 Å². The number of nitrogens with one attached hydrogen (secondary N) is 1. The minimum absolute atomic E-state index is 0.0816. The van der Waals surface area contributed by atoms with Crippen LogP contribution in [-0.4, -0.2) is 14.8 Å². The highest BCUT2D eigenvalue weighted by Gasteiger charge is 2.26. The van der Waals surface area contributed by atoms with E-state index >= 15 is 0 Å². The maximum Gasteiger partial charge on any atom is 0.283 e. The molecular weight excluding hydrogens is 352 g/mol. The van der Waals surface area contributed by atoms with E-state index in [4.69, 9.17) is 0 Å². The van der Waals surface area contributed by atoms with Crippen LogP contribution in [0.25, 0.3) is 0 Å². The van der Waals surface area contributed by atoms with Gasteiger partial charge in [-0.25, -0.2) is 9.67 Å². The summed E-state index contributed by atoms with van der Waals surface area (Å²) in [5.74, 6) is 0.618. The second kappa shape index (κ2) is 5.53. The van der Waals surface area contributed by atoms with Crippen molar-refractivity contribution in [1.82, 2.24) is 14.8 Å². The van der Waals surface area contributed by atoms with Crippen molar-refractivity contribution in [2.24, 2.45) is 5.92 Å². The van der Waals surface area contributed by atoms with E-state index in [-0.39, 0.29) is 11.1 Å². The molecule has 1 aliphatic rings. The molecular formula is C14H17BrN4OS. The molecule has 1 aliphatic carbocycles. The number of rotatable bonds is 5. The number of thiazole rings is 1. The van der Waals surface area contributed by atoms with E-state index in [1.165, 1.54) is 12.8 Å². The van der Waals surface area contributed by atoms with Crippen LogP contribution in [0.15, 0.2) is 27.0 Å². The van der Waals surface area contributed by atoms with E-state index in [0.717, 1.165) is 5.01 Å². The third kappa shape index (κ3) is 3.18. The molecule has 21 heavy (non-hydrogen) atoms. The van der Waals surface area contributed by atoms with Crippen LogP contribution in [0.2, 0.25) is 0 Å². The second-order valence-corrected chi connectivity index (χ2v) is 7.58. The van der Waals surface area contributed by atoms with Gasteiger partial charge in [-0.2, -0.15) is 5.10 Å². The summed E-state index contributed by atoms with van der Waals surface area (Å²) in [6.07, 6.45) is 5.89. The Hall–Kier alpha value is -1.21. The predicted molar refractivity (Wildman–Crippen MR) is 87.7 cm³/mol. The normalized spacial score (nSPS) is 15.2. The smallest absolute Gasteiger partial charge is 0.283 e.